The molecule has 0 heterocycles. The zero-order valence-corrected chi connectivity index (χ0v) is 17.5. The molecule has 0 aliphatic rings. The van der Waals surface area contributed by atoms with E-state index in [-0.39, 0.29) is 28.1 Å². The average Bonchev–Trinajstić information content (AvgIpc) is 2.65. The summed E-state index contributed by atoms with van der Waals surface area (Å²) in [6.45, 7) is 7.75. The number of amides is 2. The van der Waals surface area contributed by atoms with Crippen LogP contribution in [0.3, 0.4) is 0 Å². The van der Waals surface area contributed by atoms with E-state index in [4.69, 9.17) is 11.6 Å². The lowest BCUT2D eigenvalue weighted by Gasteiger charge is -2.22. The first-order chi connectivity index (χ1) is 13.6. The molecule has 154 valence electrons. The van der Waals surface area contributed by atoms with Gasteiger partial charge in [-0.2, -0.15) is 0 Å². The van der Waals surface area contributed by atoms with Crippen molar-refractivity contribution in [2.45, 2.75) is 39.7 Å². The molecule has 1 atom stereocenters. The van der Waals surface area contributed by atoms with Crippen molar-refractivity contribution in [2.24, 2.45) is 5.92 Å². The number of nitro benzene ring substituents is 1. The van der Waals surface area contributed by atoms with Crippen LogP contribution < -0.4 is 10.6 Å². The van der Waals surface area contributed by atoms with Crippen LogP contribution in [0.4, 0.5) is 11.4 Å². The fraction of sp³-hybridized carbons (Fsp3) is 0.333. The second kappa shape index (κ2) is 9.52. The Balaban J connectivity index is 2.17. The van der Waals surface area contributed by atoms with Gasteiger partial charge >= 0.3 is 0 Å². The highest BCUT2D eigenvalue weighted by Gasteiger charge is 2.26. The van der Waals surface area contributed by atoms with Crippen LogP contribution in [-0.2, 0) is 4.79 Å². The van der Waals surface area contributed by atoms with Gasteiger partial charge in [0.2, 0.25) is 5.91 Å². The molecule has 0 aliphatic carbocycles. The number of rotatable bonds is 7. The van der Waals surface area contributed by atoms with E-state index in [1.54, 1.807) is 6.07 Å². The summed E-state index contributed by atoms with van der Waals surface area (Å²) in [5.41, 5.74) is 1.59. The number of nitro groups is 1. The van der Waals surface area contributed by atoms with Crippen LogP contribution >= 0.6 is 11.6 Å². The summed E-state index contributed by atoms with van der Waals surface area (Å²) in [6.07, 6.45) is 0. The van der Waals surface area contributed by atoms with Crippen molar-refractivity contribution in [3.63, 3.8) is 0 Å². The lowest BCUT2D eigenvalue weighted by Crippen LogP contribution is -2.47. The zero-order chi connectivity index (χ0) is 21.7. The quantitative estimate of drug-likeness (QED) is 0.500. The molecule has 0 bridgehead atoms. The fourth-order valence-corrected chi connectivity index (χ4v) is 3.01. The van der Waals surface area contributed by atoms with E-state index < -0.39 is 16.9 Å². The van der Waals surface area contributed by atoms with Gasteiger partial charge in [0.05, 0.1) is 15.5 Å². The van der Waals surface area contributed by atoms with E-state index in [1.807, 2.05) is 32.0 Å². The third-order valence-corrected chi connectivity index (χ3v) is 4.78. The van der Waals surface area contributed by atoms with Crippen molar-refractivity contribution in [1.29, 1.82) is 0 Å². The normalized spacial score (nSPS) is 12.0. The molecule has 0 saturated carbocycles. The summed E-state index contributed by atoms with van der Waals surface area (Å²) in [6, 6.07) is 10.3. The monoisotopic (exact) mass is 417 g/mol. The smallest absolute Gasteiger partial charge is 0.270 e. The number of halogens is 1. The van der Waals surface area contributed by atoms with E-state index in [1.165, 1.54) is 12.1 Å². The Morgan fingerprint density at radius 2 is 1.76 bits per heavy atom. The minimum atomic E-state index is -0.809. The van der Waals surface area contributed by atoms with Crippen LogP contribution in [0.2, 0.25) is 5.02 Å². The second-order valence-corrected chi connectivity index (χ2v) is 7.79. The van der Waals surface area contributed by atoms with Crippen LogP contribution in [0.1, 0.15) is 49.5 Å². The number of hydrogen-bond acceptors (Lipinski definition) is 4. The van der Waals surface area contributed by atoms with Gasteiger partial charge in [-0.1, -0.05) is 51.4 Å². The van der Waals surface area contributed by atoms with Crippen molar-refractivity contribution in [3.05, 3.63) is 68.7 Å². The molecule has 0 aromatic heterocycles. The topological polar surface area (TPSA) is 101 Å². The molecule has 2 rings (SSSR count). The van der Waals surface area contributed by atoms with Crippen LogP contribution in [0.25, 0.3) is 0 Å². The number of carbonyl (C=O) groups excluding carboxylic acids is 2. The van der Waals surface area contributed by atoms with Crippen LogP contribution in [0, 0.1) is 16.0 Å². The molecular formula is C21H24ClN3O4. The van der Waals surface area contributed by atoms with E-state index in [0.29, 0.717) is 11.6 Å². The van der Waals surface area contributed by atoms with E-state index in [2.05, 4.69) is 24.5 Å². The number of non-ortho nitro benzene ring substituents is 1. The van der Waals surface area contributed by atoms with Crippen LogP contribution in [-0.4, -0.2) is 22.8 Å². The Morgan fingerprint density at radius 1 is 1.07 bits per heavy atom. The maximum Gasteiger partial charge on any atom is 0.270 e. The SMILES string of the molecule is CC(C)c1cccc(NC(=O)[C@@H](NC(=O)c2ccc([N+](=O)[O-])cc2Cl)C(C)C)c1. The Bertz CT molecular complexity index is 928. The number of hydrogen-bond donors (Lipinski definition) is 2. The van der Waals surface area contributed by atoms with Crippen LogP contribution in [0.5, 0.6) is 0 Å². The predicted octanol–water partition coefficient (Wildman–Crippen LogP) is 4.76. The Labute approximate surface area is 174 Å². The van der Waals surface area contributed by atoms with Crippen molar-refractivity contribution in [1.82, 2.24) is 5.32 Å². The Kier molecular flexibility index (Phi) is 7.34. The van der Waals surface area contributed by atoms with Crippen LogP contribution in [0.15, 0.2) is 42.5 Å². The van der Waals surface area contributed by atoms with Gasteiger partial charge in [0.1, 0.15) is 6.04 Å². The number of benzene rings is 2. The molecule has 29 heavy (non-hydrogen) atoms. The van der Waals surface area contributed by atoms with Gasteiger partial charge in [0, 0.05) is 17.8 Å². The molecule has 0 aliphatic heterocycles. The summed E-state index contributed by atoms with van der Waals surface area (Å²) >= 11 is 6.02. The molecule has 0 spiro atoms. The van der Waals surface area contributed by atoms with Crippen molar-refractivity contribution < 1.29 is 14.5 Å². The molecule has 0 saturated heterocycles. The highest BCUT2D eigenvalue weighted by atomic mass is 35.5. The number of anilines is 1. The molecule has 2 aromatic carbocycles. The molecule has 0 radical (unpaired) electrons. The summed E-state index contributed by atoms with van der Waals surface area (Å²) in [5, 5.41) is 16.3. The van der Waals surface area contributed by atoms with Gasteiger partial charge in [-0.15, -0.1) is 0 Å². The molecule has 7 nitrogen and oxygen atoms in total. The average molecular weight is 418 g/mol. The van der Waals surface area contributed by atoms with Gasteiger partial charge in [-0.05, 0) is 35.6 Å². The Hall–Kier alpha value is -2.93. The largest absolute Gasteiger partial charge is 0.340 e. The van der Waals surface area contributed by atoms with E-state index >= 15 is 0 Å². The minimum absolute atomic E-state index is 0.0516. The third kappa shape index (κ3) is 5.77. The molecule has 0 fully saturated rings. The first kappa shape index (κ1) is 22.4. The van der Waals surface area contributed by atoms with Crippen molar-refractivity contribution in [3.8, 4) is 0 Å². The van der Waals surface area contributed by atoms with Gasteiger partial charge in [0.15, 0.2) is 0 Å². The lowest BCUT2D eigenvalue weighted by atomic mass is 10.0. The first-order valence-electron chi connectivity index (χ1n) is 9.25. The third-order valence-electron chi connectivity index (χ3n) is 4.46. The minimum Gasteiger partial charge on any atom is -0.340 e. The maximum absolute atomic E-state index is 12.8. The van der Waals surface area contributed by atoms with Crippen molar-refractivity contribution >= 4 is 34.8 Å². The van der Waals surface area contributed by atoms with Gasteiger partial charge < -0.3 is 10.6 Å². The molecule has 2 amide bonds. The summed E-state index contributed by atoms with van der Waals surface area (Å²) in [4.78, 5) is 35.6. The molecule has 2 N–H and O–H groups in total. The fourth-order valence-electron chi connectivity index (χ4n) is 2.75. The van der Waals surface area contributed by atoms with Gasteiger partial charge in [-0.25, -0.2) is 0 Å². The van der Waals surface area contributed by atoms with Gasteiger partial charge in [-0.3, -0.25) is 19.7 Å². The summed E-state index contributed by atoms with van der Waals surface area (Å²) in [7, 11) is 0. The van der Waals surface area contributed by atoms with E-state index in [9.17, 15) is 19.7 Å². The standard InChI is InChI=1S/C21H24ClN3O4/c1-12(2)14-6-5-7-15(10-14)23-21(27)19(13(3)4)24-20(26)17-9-8-16(25(28)29)11-18(17)22/h5-13,19H,1-4H3,(H,23,27)(H,24,26)/t19-/m0/s1. The highest BCUT2D eigenvalue weighted by Crippen LogP contribution is 2.23. The lowest BCUT2D eigenvalue weighted by molar-refractivity contribution is -0.384. The maximum atomic E-state index is 12.8. The van der Waals surface area contributed by atoms with E-state index in [0.717, 1.165) is 11.6 Å². The molecule has 2 aromatic rings. The molecule has 8 heteroatoms. The number of carbonyl (C=O) groups is 2. The Morgan fingerprint density at radius 3 is 2.31 bits per heavy atom. The van der Waals surface area contributed by atoms with Gasteiger partial charge in [0.25, 0.3) is 11.6 Å². The second-order valence-electron chi connectivity index (χ2n) is 7.39. The predicted molar refractivity (Wildman–Crippen MR) is 113 cm³/mol. The summed E-state index contributed by atoms with van der Waals surface area (Å²) < 4.78 is 0. The first-order valence-corrected chi connectivity index (χ1v) is 9.63. The van der Waals surface area contributed by atoms with Crippen molar-refractivity contribution in [2.75, 3.05) is 5.32 Å². The highest BCUT2D eigenvalue weighted by molar-refractivity contribution is 6.34. The molecule has 0 unspecified atom stereocenters. The zero-order valence-electron chi connectivity index (χ0n) is 16.7. The molecular weight excluding hydrogens is 394 g/mol. The summed E-state index contributed by atoms with van der Waals surface area (Å²) in [5.74, 6) is -0.803. The number of nitrogens with zero attached hydrogens (tertiary/aromatic N) is 1. The number of nitrogens with one attached hydrogen (secondary N) is 2.